The Hall–Kier alpha value is -2.77. The average Bonchev–Trinajstić information content (AvgIpc) is 3.19. The van der Waals surface area contributed by atoms with E-state index in [-0.39, 0.29) is 11.4 Å². The lowest BCUT2D eigenvalue weighted by molar-refractivity contribution is -0.139. The summed E-state index contributed by atoms with van der Waals surface area (Å²) in [5.41, 5.74) is 1.37. The lowest BCUT2D eigenvalue weighted by atomic mass is 10.1. The number of carboxylic acid groups (broad SMARTS) is 1. The number of aliphatic carboxylic acids is 1. The number of carbonyl (C=O) groups excluding carboxylic acids is 1. The molecule has 1 saturated carbocycles. The Kier molecular flexibility index (Phi) is 4.41. The molecule has 4 rings (SSSR count). The highest BCUT2D eigenvalue weighted by Crippen LogP contribution is 2.34. The maximum Gasteiger partial charge on any atom is 0.326 e. The van der Waals surface area contributed by atoms with E-state index in [1.807, 2.05) is 0 Å². The fourth-order valence-corrected chi connectivity index (χ4v) is 3.61. The van der Waals surface area contributed by atoms with Crippen LogP contribution in [0.2, 0.25) is 0 Å². The van der Waals surface area contributed by atoms with E-state index in [2.05, 4.69) is 10.4 Å². The number of aromatic nitrogens is 2. The van der Waals surface area contributed by atoms with Gasteiger partial charge in [-0.15, -0.1) is 0 Å². The minimum Gasteiger partial charge on any atom is -0.480 e. The first-order chi connectivity index (χ1) is 13.0. The number of nitrogens with zero attached hydrogens (tertiary/aromatic N) is 2. The number of benzene rings is 1. The van der Waals surface area contributed by atoms with Gasteiger partial charge in [-0.05, 0) is 43.7 Å². The van der Waals surface area contributed by atoms with E-state index >= 15 is 0 Å². The van der Waals surface area contributed by atoms with E-state index < -0.39 is 29.6 Å². The molecule has 0 saturated heterocycles. The molecule has 8 heteroatoms. The molecule has 1 aromatic carbocycles. The van der Waals surface area contributed by atoms with Crippen LogP contribution in [0.25, 0.3) is 5.69 Å². The Labute approximate surface area is 154 Å². The first-order valence-electron chi connectivity index (χ1n) is 9.04. The van der Waals surface area contributed by atoms with Gasteiger partial charge in [-0.1, -0.05) is 18.9 Å². The fourth-order valence-electron chi connectivity index (χ4n) is 3.61. The molecular formula is C19H19F2N3O3. The van der Waals surface area contributed by atoms with Crippen LogP contribution in [0, 0.1) is 17.6 Å². The highest BCUT2D eigenvalue weighted by atomic mass is 19.2. The van der Waals surface area contributed by atoms with E-state index in [9.17, 15) is 23.5 Å². The molecule has 1 aromatic heterocycles. The molecule has 0 radical (unpaired) electrons. The van der Waals surface area contributed by atoms with E-state index in [1.165, 1.54) is 16.8 Å². The first kappa shape index (κ1) is 17.6. The van der Waals surface area contributed by atoms with Crippen LogP contribution >= 0.6 is 0 Å². The second-order valence-electron chi connectivity index (χ2n) is 7.16. The van der Waals surface area contributed by atoms with Crippen LogP contribution in [0.4, 0.5) is 8.78 Å². The van der Waals surface area contributed by atoms with Crippen LogP contribution in [0.15, 0.2) is 18.2 Å². The van der Waals surface area contributed by atoms with Gasteiger partial charge in [-0.2, -0.15) is 5.10 Å². The zero-order valence-electron chi connectivity index (χ0n) is 14.5. The number of nitrogens with one attached hydrogen (secondary N) is 1. The van der Waals surface area contributed by atoms with Gasteiger partial charge >= 0.3 is 5.97 Å². The maximum absolute atomic E-state index is 14.2. The summed E-state index contributed by atoms with van der Waals surface area (Å²) < 4.78 is 29.1. The molecule has 1 fully saturated rings. The van der Waals surface area contributed by atoms with E-state index in [0.29, 0.717) is 36.4 Å². The summed E-state index contributed by atoms with van der Waals surface area (Å²) in [7, 11) is 0. The van der Waals surface area contributed by atoms with Gasteiger partial charge in [0.25, 0.3) is 5.91 Å². The van der Waals surface area contributed by atoms with Crippen LogP contribution < -0.4 is 5.32 Å². The molecule has 1 amide bonds. The molecule has 2 aromatic rings. The number of rotatable bonds is 6. The summed E-state index contributed by atoms with van der Waals surface area (Å²) in [4.78, 5) is 24.1. The van der Waals surface area contributed by atoms with Gasteiger partial charge in [0.15, 0.2) is 17.3 Å². The third-order valence-corrected chi connectivity index (χ3v) is 5.17. The van der Waals surface area contributed by atoms with Gasteiger partial charge < -0.3 is 10.4 Å². The Morgan fingerprint density at radius 2 is 2.07 bits per heavy atom. The van der Waals surface area contributed by atoms with Crippen molar-refractivity contribution in [1.82, 2.24) is 15.1 Å². The molecule has 1 heterocycles. The molecule has 1 unspecified atom stereocenters. The molecule has 0 aliphatic heterocycles. The molecule has 2 aliphatic rings. The Balaban J connectivity index is 1.66. The van der Waals surface area contributed by atoms with Crippen LogP contribution in [0.5, 0.6) is 0 Å². The van der Waals surface area contributed by atoms with Crippen LogP contribution in [-0.2, 0) is 17.6 Å². The number of hydrogen-bond acceptors (Lipinski definition) is 3. The van der Waals surface area contributed by atoms with Crippen LogP contribution in [-0.4, -0.2) is 32.8 Å². The summed E-state index contributed by atoms with van der Waals surface area (Å²) in [5, 5.41) is 16.1. The number of carboxylic acids is 1. The largest absolute Gasteiger partial charge is 0.480 e. The van der Waals surface area contributed by atoms with Gasteiger partial charge in [-0.25, -0.2) is 18.3 Å². The molecule has 0 bridgehead atoms. The monoisotopic (exact) mass is 375 g/mol. The quantitative estimate of drug-likeness (QED) is 0.813. The van der Waals surface area contributed by atoms with Gasteiger partial charge in [0.05, 0.1) is 0 Å². The molecule has 1 atom stereocenters. The average molecular weight is 375 g/mol. The minimum atomic E-state index is -1.08. The van der Waals surface area contributed by atoms with Crippen molar-refractivity contribution in [3.05, 3.63) is 46.8 Å². The van der Waals surface area contributed by atoms with Crippen molar-refractivity contribution in [1.29, 1.82) is 0 Å². The third-order valence-electron chi connectivity index (χ3n) is 5.17. The molecule has 142 valence electrons. The smallest absolute Gasteiger partial charge is 0.326 e. The standard InChI is InChI=1S/C19H19F2N3O3/c20-12-4-2-6-15(16(12)21)24-14-5-1-3-11(14)17(23-24)18(25)22-13(19(26)27)9-10-7-8-10/h2,4,6,10,13H,1,3,5,7-9H2,(H,22,25)(H,26,27). The second kappa shape index (κ2) is 6.75. The van der Waals surface area contributed by atoms with Crippen molar-refractivity contribution in [2.75, 3.05) is 0 Å². The van der Waals surface area contributed by atoms with Crippen molar-refractivity contribution in [3.63, 3.8) is 0 Å². The van der Waals surface area contributed by atoms with E-state index in [0.717, 1.165) is 25.3 Å². The summed E-state index contributed by atoms with van der Waals surface area (Å²) in [6.45, 7) is 0. The number of amides is 1. The first-order valence-corrected chi connectivity index (χ1v) is 9.04. The molecule has 2 N–H and O–H groups in total. The summed E-state index contributed by atoms with van der Waals surface area (Å²) >= 11 is 0. The summed E-state index contributed by atoms with van der Waals surface area (Å²) in [5.74, 6) is -3.36. The fraction of sp³-hybridized carbons (Fsp3) is 0.421. The molecule has 27 heavy (non-hydrogen) atoms. The van der Waals surface area contributed by atoms with Gasteiger partial charge in [0.1, 0.15) is 11.7 Å². The zero-order chi connectivity index (χ0) is 19.1. The number of carbonyl (C=O) groups is 2. The molecule has 6 nitrogen and oxygen atoms in total. The van der Waals surface area contributed by atoms with Gasteiger partial charge in [0.2, 0.25) is 0 Å². The maximum atomic E-state index is 14.2. The summed E-state index contributed by atoms with van der Waals surface area (Å²) in [6.07, 6.45) is 4.30. The van der Waals surface area contributed by atoms with Crippen LogP contribution in [0.3, 0.4) is 0 Å². The Morgan fingerprint density at radius 1 is 1.30 bits per heavy atom. The number of fused-ring (bicyclic) bond motifs is 1. The molecule has 2 aliphatic carbocycles. The van der Waals surface area contributed by atoms with Gasteiger partial charge in [-0.3, -0.25) is 4.79 Å². The highest BCUT2D eigenvalue weighted by molar-refractivity contribution is 5.96. The lowest BCUT2D eigenvalue weighted by Crippen LogP contribution is -2.41. The summed E-state index contributed by atoms with van der Waals surface area (Å²) in [6, 6.07) is 2.83. The van der Waals surface area contributed by atoms with Crippen molar-refractivity contribution in [3.8, 4) is 5.69 Å². The van der Waals surface area contributed by atoms with Crippen molar-refractivity contribution in [2.45, 2.75) is 44.6 Å². The van der Waals surface area contributed by atoms with Crippen molar-refractivity contribution >= 4 is 11.9 Å². The van der Waals surface area contributed by atoms with Crippen molar-refractivity contribution in [2.24, 2.45) is 5.92 Å². The van der Waals surface area contributed by atoms with Crippen molar-refractivity contribution < 1.29 is 23.5 Å². The minimum absolute atomic E-state index is 0.0556. The second-order valence-corrected chi connectivity index (χ2v) is 7.16. The number of halogens is 2. The lowest BCUT2D eigenvalue weighted by Gasteiger charge is -2.13. The Morgan fingerprint density at radius 3 is 2.78 bits per heavy atom. The number of hydrogen-bond donors (Lipinski definition) is 2. The Bertz CT molecular complexity index is 921. The predicted molar refractivity (Wildman–Crippen MR) is 91.7 cm³/mol. The van der Waals surface area contributed by atoms with Crippen LogP contribution in [0.1, 0.15) is 47.4 Å². The highest BCUT2D eigenvalue weighted by Gasteiger charge is 2.33. The van der Waals surface area contributed by atoms with Gasteiger partial charge in [0, 0.05) is 11.3 Å². The molecule has 0 spiro atoms. The van der Waals surface area contributed by atoms with E-state index in [1.54, 1.807) is 0 Å². The SMILES string of the molecule is O=C(NC(CC1CC1)C(=O)O)c1nn(-c2cccc(F)c2F)c2c1CCC2. The zero-order valence-corrected chi connectivity index (χ0v) is 14.5. The van der Waals surface area contributed by atoms with E-state index in [4.69, 9.17) is 0 Å². The normalized spacial score (nSPS) is 16.8. The third kappa shape index (κ3) is 3.31. The molecular weight excluding hydrogens is 356 g/mol. The topological polar surface area (TPSA) is 84.2 Å². The predicted octanol–water partition coefficient (Wildman–Crippen LogP) is 2.62.